The fraction of sp³-hybridized carbons (Fsp3) is 0.586. The molecule has 10 heteroatoms. The average Bonchev–Trinajstić information content (AvgIpc) is 3.23. The number of halogens is 1. The monoisotopic (exact) mass is 670 g/mol. The largest absolute Gasteiger partial charge is 0.493 e. The number of rotatable bonds is 11. The van der Waals surface area contributed by atoms with Crippen molar-refractivity contribution in [2.75, 3.05) is 29.7 Å². The van der Waals surface area contributed by atoms with Gasteiger partial charge in [0.25, 0.3) is 5.91 Å². The van der Waals surface area contributed by atoms with Crippen LogP contribution in [0, 0.1) is 0 Å². The van der Waals surface area contributed by atoms with Crippen molar-refractivity contribution < 1.29 is 28.2 Å². The van der Waals surface area contributed by atoms with Crippen LogP contribution in [0.5, 0.6) is 11.5 Å². The van der Waals surface area contributed by atoms with Crippen molar-refractivity contribution in [1.82, 2.24) is 4.90 Å². The molecule has 3 rings (SSSR count). The summed E-state index contributed by atoms with van der Waals surface area (Å²) in [6.07, 6.45) is 5.69. The highest BCUT2D eigenvalue weighted by Gasteiger charge is 2.50. The van der Waals surface area contributed by atoms with E-state index < -0.39 is 26.7 Å². The van der Waals surface area contributed by atoms with Gasteiger partial charge >= 0.3 is 6.09 Å². The average molecular weight is 671 g/mol. The Kier molecular flexibility index (Phi) is 10.6. The Bertz CT molecular complexity index is 1100. The first-order valence-corrected chi connectivity index (χ1v) is 17.9. The van der Waals surface area contributed by atoms with Crippen LogP contribution >= 0.6 is 22.6 Å². The zero-order valence-corrected chi connectivity index (χ0v) is 27.5. The summed E-state index contributed by atoms with van der Waals surface area (Å²) in [5.41, 5.74) is 1.76. The number of anilines is 1. The van der Waals surface area contributed by atoms with Gasteiger partial charge in [0, 0.05) is 12.3 Å². The lowest BCUT2D eigenvalue weighted by molar-refractivity contribution is 0.0589. The maximum atomic E-state index is 14.0. The molecule has 0 aliphatic carbocycles. The predicted octanol–water partition coefficient (Wildman–Crippen LogP) is 7.29. The second kappa shape index (κ2) is 13.1. The quantitative estimate of drug-likeness (QED) is 0.0810. The lowest BCUT2D eigenvalue weighted by Crippen LogP contribution is -2.57. The van der Waals surface area contributed by atoms with Gasteiger partial charge in [-0.3, -0.25) is 4.79 Å². The lowest BCUT2D eigenvalue weighted by atomic mass is 10.1. The Balaban J connectivity index is 2.18. The van der Waals surface area contributed by atoms with E-state index in [1.807, 2.05) is 13.1 Å². The molecule has 2 amide bonds. The van der Waals surface area contributed by atoms with Crippen molar-refractivity contribution in [3.63, 3.8) is 0 Å². The maximum absolute atomic E-state index is 14.0. The number of unbranched alkanes of at least 4 members (excludes halogenated alkanes) is 2. The standard InChI is InChI=1S/C29H43IN2O6Si/c1-9-14-37-28(34)32-22-18-25(36-15-12-10-11-13-30)24(35-6)17-21(22)26(33)31-19-20(2)16-23(31)27(32)38-39(7,8)29(3,4)5/h9,17-19,23,27H,1,10-16H2,2-8H3. The Hall–Kier alpha value is -2.05. The fourth-order valence-electron chi connectivity index (χ4n) is 4.47. The minimum absolute atomic E-state index is 0.0351. The molecule has 1 aromatic rings. The number of fused-ring (bicyclic) bond motifs is 2. The molecule has 8 nitrogen and oxygen atoms in total. The number of carbonyl (C=O) groups is 2. The summed E-state index contributed by atoms with van der Waals surface area (Å²) in [6.45, 7) is 17.0. The van der Waals surface area contributed by atoms with E-state index in [0.29, 0.717) is 35.8 Å². The lowest BCUT2D eigenvalue weighted by Gasteiger charge is -2.44. The maximum Gasteiger partial charge on any atom is 0.416 e. The number of nitrogens with zero attached hydrogens (tertiary/aromatic N) is 2. The van der Waals surface area contributed by atoms with E-state index in [4.69, 9.17) is 18.6 Å². The van der Waals surface area contributed by atoms with Crippen LogP contribution in [0.2, 0.25) is 18.1 Å². The Morgan fingerprint density at radius 2 is 1.92 bits per heavy atom. The fourth-order valence-corrected chi connectivity index (χ4v) is 6.23. The van der Waals surface area contributed by atoms with Gasteiger partial charge in [-0.05, 0) is 61.2 Å². The van der Waals surface area contributed by atoms with E-state index >= 15 is 0 Å². The van der Waals surface area contributed by atoms with E-state index in [1.165, 1.54) is 11.0 Å². The minimum atomic E-state index is -2.41. The molecule has 2 aliphatic heterocycles. The molecule has 0 N–H and O–H groups in total. The number of carbonyl (C=O) groups excluding carboxylic acids is 2. The van der Waals surface area contributed by atoms with Gasteiger partial charge in [0.15, 0.2) is 26.0 Å². The van der Waals surface area contributed by atoms with E-state index in [9.17, 15) is 9.59 Å². The third-order valence-corrected chi connectivity index (χ3v) is 12.8. The second-order valence-corrected chi connectivity index (χ2v) is 17.4. The van der Waals surface area contributed by atoms with Crippen LogP contribution in [0.15, 0.2) is 36.6 Å². The molecule has 0 saturated carbocycles. The zero-order chi connectivity index (χ0) is 29.0. The molecule has 0 radical (unpaired) electrons. The molecule has 0 aromatic heterocycles. The van der Waals surface area contributed by atoms with Crippen molar-refractivity contribution in [3.8, 4) is 11.5 Å². The van der Waals surface area contributed by atoms with Crippen LogP contribution in [0.3, 0.4) is 0 Å². The van der Waals surface area contributed by atoms with Crippen LogP contribution in [-0.2, 0) is 9.16 Å². The number of alkyl halides is 1. The third kappa shape index (κ3) is 7.00. The number of ether oxygens (including phenoxy) is 3. The summed E-state index contributed by atoms with van der Waals surface area (Å²) in [6, 6.07) is 2.98. The summed E-state index contributed by atoms with van der Waals surface area (Å²) in [4.78, 5) is 31.0. The summed E-state index contributed by atoms with van der Waals surface area (Å²) in [5, 5.41) is -0.124. The smallest absolute Gasteiger partial charge is 0.416 e. The van der Waals surface area contributed by atoms with Crippen molar-refractivity contribution in [1.29, 1.82) is 0 Å². The normalized spacial score (nSPS) is 19.2. The molecule has 1 aromatic carbocycles. The highest BCUT2D eigenvalue weighted by atomic mass is 127. The summed E-state index contributed by atoms with van der Waals surface area (Å²) >= 11 is 2.37. The minimum Gasteiger partial charge on any atom is -0.493 e. The highest BCUT2D eigenvalue weighted by molar-refractivity contribution is 14.1. The van der Waals surface area contributed by atoms with Crippen LogP contribution in [-0.4, -0.2) is 62.2 Å². The van der Waals surface area contributed by atoms with Crippen LogP contribution in [0.1, 0.15) is 63.7 Å². The molecule has 0 bridgehead atoms. The van der Waals surface area contributed by atoms with Gasteiger partial charge in [0.2, 0.25) is 0 Å². The molecule has 0 fully saturated rings. The van der Waals surface area contributed by atoms with E-state index in [1.54, 1.807) is 24.1 Å². The van der Waals surface area contributed by atoms with Gasteiger partial charge in [-0.2, -0.15) is 0 Å². The summed E-state index contributed by atoms with van der Waals surface area (Å²) in [5.74, 6) is 0.692. The van der Waals surface area contributed by atoms with E-state index in [2.05, 4.69) is 63.0 Å². The van der Waals surface area contributed by atoms with Gasteiger partial charge in [0.1, 0.15) is 6.61 Å². The zero-order valence-electron chi connectivity index (χ0n) is 24.3. The first-order chi connectivity index (χ1) is 18.4. The van der Waals surface area contributed by atoms with Crippen molar-refractivity contribution in [3.05, 3.63) is 42.1 Å². The first kappa shape index (κ1) is 31.5. The van der Waals surface area contributed by atoms with Gasteiger partial charge in [0.05, 0.1) is 31.0 Å². The molecule has 2 unspecified atom stereocenters. The third-order valence-electron chi connectivity index (χ3n) is 7.62. The topological polar surface area (TPSA) is 77.5 Å². The molecule has 0 spiro atoms. The molecular formula is C29H43IN2O6Si. The van der Waals surface area contributed by atoms with Gasteiger partial charge in [-0.1, -0.05) is 61.6 Å². The van der Waals surface area contributed by atoms with E-state index in [-0.39, 0.29) is 17.6 Å². The Morgan fingerprint density at radius 1 is 1.21 bits per heavy atom. The van der Waals surface area contributed by atoms with Gasteiger partial charge < -0.3 is 23.5 Å². The molecule has 2 atom stereocenters. The predicted molar refractivity (Wildman–Crippen MR) is 166 cm³/mol. The van der Waals surface area contributed by atoms with Crippen molar-refractivity contribution in [2.45, 2.75) is 83.8 Å². The molecule has 39 heavy (non-hydrogen) atoms. The number of benzene rings is 1. The summed E-state index contributed by atoms with van der Waals surface area (Å²) < 4.78 is 25.4. The SMILES string of the molecule is C=CCOC(=O)N1c2cc(OCCCCCI)c(OC)cc2C(=O)N2C=C(C)CC2C1O[Si](C)(C)C(C)(C)C. The number of methoxy groups -OCH3 is 1. The molecule has 2 heterocycles. The van der Waals surface area contributed by atoms with Gasteiger partial charge in [-0.15, -0.1) is 0 Å². The number of hydrogen-bond acceptors (Lipinski definition) is 6. The second-order valence-electron chi connectivity index (χ2n) is 11.6. The molecule has 2 aliphatic rings. The molecule has 216 valence electrons. The first-order valence-electron chi connectivity index (χ1n) is 13.5. The highest BCUT2D eigenvalue weighted by Crippen LogP contribution is 2.45. The molecular weight excluding hydrogens is 627 g/mol. The van der Waals surface area contributed by atoms with E-state index in [0.717, 1.165) is 29.3 Å². The van der Waals surface area contributed by atoms with Crippen LogP contribution in [0.25, 0.3) is 0 Å². The van der Waals surface area contributed by atoms with Crippen LogP contribution in [0.4, 0.5) is 10.5 Å². The van der Waals surface area contributed by atoms with Gasteiger partial charge in [-0.25, -0.2) is 9.69 Å². The summed E-state index contributed by atoms with van der Waals surface area (Å²) in [7, 11) is -0.862. The number of hydrogen-bond donors (Lipinski definition) is 0. The Morgan fingerprint density at radius 3 is 2.54 bits per heavy atom. The van der Waals surface area contributed by atoms with Crippen LogP contribution < -0.4 is 14.4 Å². The molecule has 0 saturated heterocycles. The van der Waals surface area contributed by atoms with Crippen molar-refractivity contribution in [2.24, 2.45) is 0 Å². The Labute approximate surface area is 247 Å². The number of amides is 2. The van der Waals surface area contributed by atoms with Crippen molar-refractivity contribution >= 4 is 48.6 Å².